The molecule has 0 spiro atoms. The molecule has 1 aromatic heterocycles. The molecule has 0 radical (unpaired) electrons. The maximum Gasteiger partial charge on any atom is 0.133 e. The molecule has 19 heavy (non-hydrogen) atoms. The van der Waals surface area contributed by atoms with E-state index in [9.17, 15) is 0 Å². The first-order chi connectivity index (χ1) is 9.16. The maximum atomic E-state index is 5.88. The third-order valence-corrected chi connectivity index (χ3v) is 4.58. The van der Waals surface area contributed by atoms with Crippen LogP contribution in [0.3, 0.4) is 0 Å². The van der Waals surface area contributed by atoms with Gasteiger partial charge in [-0.1, -0.05) is 17.7 Å². The quantitative estimate of drug-likeness (QED) is 0.740. The Bertz CT molecular complexity index is 518. The molecule has 0 saturated heterocycles. The van der Waals surface area contributed by atoms with E-state index in [-0.39, 0.29) is 0 Å². The summed E-state index contributed by atoms with van der Waals surface area (Å²) < 4.78 is 6.58. The summed E-state index contributed by atoms with van der Waals surface area (Å²) in [7, 11) is 0. The monoisotopic (exact) mass is 359 g/mol. The fourth-order valence-electron chi connectivity index (χ4n) is 1.67. The van der Waals surface area contributed by atoms with Crippen molar-refractivity contribution in [2.24, 2.45) is 0 Å². The van der Waals surface area contributed by atoms with Crippen LogP contribution >= 0.6 is 38.9 Å². The van der Waals surface area contributed by atoms with E-state index in [1.165, 1.54) is 4.88 Å². The molecule has 0 amide bonds. The lowest BCUT2D eigenvalue weighted by Gasteiger charge is -2.13. The van der Waals surface area contributed by atoms with E-state index in [2.05, 4.69) is 45.7 Å². The maximum absolute atomic E-state index is 5.88. The minimum absolute atomic E-state index is 0.359. The zero-order chi connectivity index (χ0) is 13.7. The standard InChI is InChI=1S/C14H15BrClNOS/c1-10(14-3-2-8-19-14)17-6-7-18-13-5-4-11(16)9-12(13)15/h2-5,8-10,17H,6-7H2,1H3. The Labute approximate surface area is 130 Å². The number of thiophene rings is 1. The third-order valence-electron chi connectivity index (χ3n) is 2.67. The predicted octanol–water partition coefficient (Wildman–Crippen LogP) is 4.89. The lowest BCUT2D eigenvalue weighted by molar-refractivity contribution is 0.306. The molecule has 2 nitrogen and oxygen atoms in total. The number of halogens is 2. The minimum Gasteiger partial charge on any atom is -0.491 e. The number of hydrogen-bond acceptors (Lipinski definition) is 3. The van der Waals surface area contributed by atoms with Crippen molar-refractivity contribution in [2.75, 3.05) is 13.2 Å². The van der Waals surface area contributed by atoms with Crippen molar-refractivity contribution >= 4 is 38.9 Å². The van der Waals surface area contributed by atoms with Gasteiger partial charge in [0.05, 0.1) is 4.47 Å². The summed E-state index contributed by atoms with van der Waals surface area (Å²) in [5, 5.41) is 6.22. The third kappa shape index (κ3) is 4.49. The van der Waals surface area contributed by atoms with Gasteiger partial charge in [0.25, 0.3) is 0 Å². The fourth-order valence-corrected chi connectivity index (χ4v) is 3.22. The summed E-state index contributed by atoms with van der Waals surface area (Å²) in [6.45, 7) is 3.58. The van der Waals surface area contributed by atoms with E-state index in [1.807, 2.05) is 18.2 Å². The van der Waals surface area contributed by atoms with Crippen molar-refractivity contribution in [1.29, 1.82) is 0 Å². The van der Waals surface area contributed by atoms with Gasteiger partial charge in [0.1, 0.15) is 12.4 Å². The molecule has 1 unspecified atom stereocenters. The van der Waals surface area contributed by atoms with Crippen molar-refractivity contribution in [3.63, 3.8) is 0 Å². The van der Waals surface area contributed by atoms with Gasteiger partial charge in [-0.25, -0.2) is 0 Å². The van der Waals surface area contributed by atoms with Crippen LogP contribution < -0.4 is 10.1 Å². The summed E-state index contributed by atoms with van der Waals surface area (Å²) >= 11 is 11.1. The zero-order valence-electron chi connectivity index (χ0n) is 10.5. The van der Waals surface area contributed by atoms with E-state index in [0.717, 1.165) is 16.8 Å². The van der Waals surface area contributed by atoms with Crippen LogP contribution in [0.1, 0.15) is 17.8 Å². The van der Waals surface area contributed by atoms with Gasteiger partial charge in [0.15, 0.2) is 0 Å². The molecule has 1 N–H and O–H groups in total. The fraction of sp³-hybridized carbons (Fsp3) is 0.286. The number of hydrogen-bond donors (Lipinski definition) is 1. The topological polar surface area (TPSA) is 21.3 Å². The average Bonchev–Trinajstić information content (AvgIpc) is 2.90. The Balaban J connectivity index is 1.75. The first-order valence-corrected chi connectivity index (χ1v) is 8.06. The van der Waals surface area contributed by atoms with Crippen LogP contribution in [-0.4, -0.2) is 13.2 Å². The summed E-state index contributed by atoms with van der Waals surface area (Å²) in [5.74, 6) is 0.815. The Morgan fingerprint density at radius 3 is 2.95 bits per heavy atom. The summed E-state index contributed by atoms with van der Waals surface area (Å²) in [4.78, 5) is 1.34. The van der Waals surface area contributed by atoms with Crippen LogP contribution in [-0.2, 0) is 0 Å². The van der Waals surface area contributed by atoms with Crippen molar-refractivity contribution in [1.82, 2.24) is 5.32 Å². The summed E-state index contributed by atoms with van der Waals surface area (Å²) in [6.07, 6.45) is 0. The van der Waals surface area contributed by atoms with Gasteiger partial charge < -0.3 is 10.1 Å². The van der Waals surface area contributed by atoms with Crippen LogP contribution in [0.5, 0.6) is 5.75 Å². The van der Waals surface area contributed by atoms with Crippen LogP contribution in [0.15, 0.2) is 40.2 Å². The normalized spacial score (nSPS) is 12.4. The summed E-state index contributed by atoms with van der Waals surface area (Å²) in [5.41, 5.74) is 0. The minimum atomic E-state index is 0.359. The smallest absolute Gasteiger partial charge is 0.133 e. The SMILES string of the molecule is CC(NCCOc1ccc(Cl)cc1Br)c1cccs1. The first kappa shape index (κ1) is 14.9. The molecular formula is C14H15BrClNOS. The van der Waals surface area contributed by atoms with E-state index in [1.54, 1.807) is 11.3 Å². The second kappa shape index (κ2) is 7.29. The Morgan fingerprint density at radius 2 is 2.26 bits per heavy atom. The first-order valence-electron chi connectivity index (χ1n) is 6.01. The molecule has 0 saturated carbocycles. The Morgan fingerprint density at radius 1 is 1.42 bits per heavy atom. The molecule has 0 bridgehead atoms. The second-order valence-corrected chi connectivity index (χ2v) is 6.38. The lowest BCUT2D eigenvalue weighted by atomic mass is 10.3. The number of rotatable bonds is 6. The number of benzene rings is 1. The van der Waals surface area contributed by atoms with Gasteiger partial charge >= 0.3 is 0 Å². The molecule has 1 atom stereocenters. The second-order valence-electron chi connectivity index (χ2n) is 4.11. The molecule has 0 fully saturated rings. The number of nitrogens with one attached hydrogen (secondary N) is 1. The van der Waals surface area contributed by atoms with E-state index < -0.39 is 0 Å². The highest BCUT2D eigenvalue weighted by atomic mass is 79.9. The molecule has 102 valence electrons. The van der Waals surface area contributed by atoms with Crippen LogP contribution in [0.4, 0.5) is 0 Å². The predicted molar refractivity (Wildman–Crippen MR) is 85.4 cm³/mol. The molecule has 2 rings (SSSR count). The van der Waals surface area contributed by atoms with E-state index in [0.29, 0.717) is 17.7 Å². The van der Waals surface area contributed by atoms with Crippen LogP contribution in [0, 0.1) is 0 Å². The van der Waals surface area contributed by atoms with Gasteiger partial charge in [0.2, 0.25) is 0 Å². The molecule has 1 aromatic carbocycles. The average molecular weight is 361 g/mol. The highest BCUT2D eigenvalue weighted by Gasteiger charge is 2.05. The van der Waals surface area contributed by atoms with E-state index in [4.69, 9.17) is 16.3 Å². The molecule has 0 aliphatic rings. The van der Waals surface area contributed by atoms with Gasteiger partial charge in [-0.05, 0) is 52.5 Å². The molecule has 0 aliphatic carbocycles. The summed E-state index contributed by atoms with van der Waals surface area (Å²) in [6, 6.07) is 10.1. The van der Waals surface area contributed by atoms with Gasteiger partial charge in [0, 0.05) is 22.5 Å². The highest BCUT2D eigenvalue weighted by molar-refractivity contribution is 9.10. The molecule has 1 heterocycles. The largest absolute Gasteiger partial charge is 0.491 e. The van der Waals surface area contributed by atoms with Crippen molar-refractivity contribution in [3.05, 3.63) is 50.1 Å². The van der Waals surface area contributed by atoms with Crippen molar-refractivity contribution < 1.29 is 4.74 Å². The van der Waals surface area contributed by atoms with Crippen LogP contribution in [0.25, 0.3) is 0 Å². The Hall–Kier alpha value is -0.550. The van der Waals surface area contributed by atoms with Crippen LogP contribution in [0.2, 0.25) is 5.02 Å². The zero-order valence-corrected chi connectivity index (χ0v) is 13.7. The Kier molecular flexibility index (Phi) is 5.70. The lowest BCUT2D eigenvalue weighted by Crippen LogP contribution is -2.23. The van der Waals surface area contributed by atoms with Gasteiger partial charge in [-0.3, -0.25) is 0 Å². The molecular weight excluding hydrogens is 346 g/mol. The molecule has 0 aliphatic heterocycles. The van der Waals surface area contributed by atoms with Crippen molar-refractivity contribution in [2.45, 2.75) is 13.0 Å². The van der Waals surface area contributed by atoms with E-state index >= 15 is 0 Å². The highest BCUT2D eigenvalue weighted by Crippen LogP contribution is 2.27. The van der Waals surface area contributed by atoms with Crippen molar-refractivity contribution in [3.8, 4) is 5.75 Å². The van der Waals surface area contributed by atoms with Gasteiger partial charge in [-0.2, -0.15) is 0 Å². The number of ether oxygens (including phenoxy) is 1. The molecule has 2 aromatic rings. The van der Waals surface area contributed by atoms with Gasteiger partial charge in [-0.15, -0.1) is 11.3 Å². The molecule has 5 heteroatoms.